The molecule has 1 N–H and O–H groups in total. The number of nitrogens with zero attached hydrogens (tertiary/aromatic N) is 1. The molecule has 0 radical (unpaired) electrons. The molecule has 1 saturated carbocycles. The van der Waals surface area contributed by atoms with Crippen LogP contribution < -0.4 is 10.3 Å². The molecule has 1 fully saturated rings. The van der Waals surface area contributed by atoms with E-state index in [0.717, 1.165) is 18.7 Å². The summed E-state index contributed by atoms with van der Waals surface area (Å²) in [5.74, 6) is 1.54. The zero-order chi connectivity index (χ0) is 13.2. The van der Waals surface area contributed by atoms with Crippen LogP contribution in [-0.4, -0.2) is 28.8 Å². The van der Waals surface area contributed by atoms with E-state index in [2.05, 4.69) is 9.97 Å². The van der Waals surface area contributed by atoms with Gasteiger partial charge in [0.05, 0.1) is 18.3 Å². The average Bonchev–Trinajstić information content (AvgIpc) is 3.06. The van der Waals surface area contributed by atoms with Gasteiger partial charge >= 0.3 is 0 Å². The molecule has 5 heteroatoms. The maximum absolute atomic E-state index is 11.4. The van der Waals surface area contributed by atoms with Gasteiger partial charge in [-0.15, -0.1) is 0 Å². The molecule has 0 saturated heterocycles. The Bertz CT molecular complexity index is 458. The predicted octanol–water partition coefficient (Wildman–Crippen LogP) is 1.84. The largest absolute Gasteiger partial charge is 0.475 e. The van der Waals surface area contributed by atoms with E-state index in [0.29, 0.717) is 25.0 Å². The Hall–Kier alpha value is -1.36. The third kappa shape index (κ3) is 4.14. The molecule has 5 nitrogen and oxygen atoms in total. The molecule has 1 aromatic heterocycles. The Balaban J connectivity index is 1.87. The smallest absolute Gasteiger partial charge is 0.254 e. The topological polar surface area (TPSA) is 64.2 Å². The molecule has 100 valence electrons. The molecule has 1 aliphatic carbocycles. The minimum absolute atomic E-state index is 0.154. The van der Waals surface area contributed by atoms with E-state index in [1.165, 1.54) is 6.07 Å². The van der Waals surface area contributed by atoms with Gasteiger partial charge in [-0.05, 0) is 33.6 Å². The van der Waals surface area contributed by atoms with E-state index in [-0.39, 0.29) is 11.2 Å². The van der Waals surface area contributed by atoms with Crippen LogP contribution in [0.4, 0.5) is 0 Å². The predicted molar refractivity (Wildman–Crippen MR) is 68.0 cm³/mol. The summed E-state index contributed by atoms with van der Waals surface area (Å²) in [7, 11) is 0. The van der Waals surface area contributed by atoms with Crippen molar-refractivity contribution in [2.24, 2.45) is 0 Å². The maximum atomic E-state index is 11.4. The molecule has 1 aromatic rings. The van der Waals surface area contributed by atoms with Crippen molar-refractivity contribution in [3.63, 3.8) is 0 Å². The molecule has 0 unspecified atom stereocenters. The summed E-state index contributed by atoms with van der Waals surface area (Å²) in [6.45, 7) is 6.85. The van der Waals surface area contributed by atoms with Gasteiger partial charge < -0.3 is 14.5 Å². The van der Waals surface area contributed by atoms with Gasteiger partial charge in [0, 0.05) is 5.92 Å². The third-order valence-electron chi connectivity index (χ3n) is 2.57. The zero-order valence-corrected chi connectivity index (χ0v) is 11.2. The van der Waals surface area contributed by atoms with Crippen molar-refractivity contribution < 1.29 is 9.47 Å². The van der Waals surface area contributed by atoms with Gasteiger partial charge in [-0.25, -0.2) is 0 Å². The summed E-state index contributed by atoms with van der Waals surface area (Å²) >= 11 is 0. The minimum Gasteiger partial charge on any atom is -0.475 e. The number of aromatic amines is 1. The fourth-order valence-corrected chi connectivity index (χ4v) is 1.57. The number of hydrogen-bond donors (Lipinski definition) is 1. The van der Waals surface area contributed by atoms with Gasteiger partial charge in [-0.2, -0.15) is 4.98 Å². The second-order valence-electron chi connectivity index (χ2n) is 5.55. The van der Waals surface area contributed by atoms with Crippen molar-refractivity contribution in [1.29, 1.82) is 0 Å². The first-order chi connectivity index (χ1) is 8.44. The Kier molecular flexibility index (Phi) is 3.71. The molecule has 1 heterocycles. The van der Waals surface area contributed by atoms with Crippen LogP contribution in [0.1, 0.15) is 45.4 Å². The Morgan fingerprint density at radius 3 is 2.72 bits per heavy atom. The lowest BCUT2D eigenvalue weighted by Crippen LogP contribution is -2.23. The van der Waals surface area contributed by atoms with Gasteiger partial charge in [0.15, 0.2) is 0 Å². The molecule has 0 aromatic carbocycles. The van der Waals surface area contributed by atoms with Crippen molar-refractivity contribution in [1.82, 2.24) is 9.97 Å². The highest BCUT2D eigenvalue weighted by molar-refractivity contribution is 5.14. The molecule has 0 bridgehead atoms. The summed E-state index contributed by atoms with van der Waals surface area (Å²) in [6, 6.07) is 1.38. The first-order valence-corrected chi connectivity index (χ1v) is 6.32. The molecule has 18 heavy (non-hydrogen) atoms. The zero-order valence-electron chi connectivity index (χ0n) is 11.2. The SMILES string of the molecule is CC(C)(C)OCCOc1cc(=O)[nH]c(C2CC2)n1. The molecule has 1 aliphatic rings. The van der Waals surface area contributed by atoms with E-state index in [1.54, 1.807) is 0 Å². The summed E-state index contributed by atoms with van der Waals surface area (Å²) < 4.78 is 11.0. The number of H-pyrrole nitrogens is 1. The van der Waals surface area contributed by atoms with Crippen LogP contribution in [0.15, 0.2) is 10.9 Å². The van der Waals surface area contributed by atoms with Crippen molar-refractivity contribution in [2.75, 3.05) is 13.2 Å². The van der Waals surface area contributed by atoms with E-state index in [4.69, 9.17) is 9.47 Å². The highest BCUT2D eigenvalue weighted by Gasteiger charge is 2.26. The lowest BCUT2D eigenvalue weighted by molar-refractivity contribution is -0.0168. The van der Waals surface area contributed by atoms with Crippen LogP contribution >= 0.6 is 0 Å². The van der Waals surface area contributed by atoms with Crippen molar-refractivity contribution in [3.8, 4) is 5.88 Å². The number of nitrogens with one attached hydrogen (secondary N) is 1. The summed E-state index contributed by atoms with van der Waals surface area (Å²) in [5, 5.41) is 0. The van der Waals surface area contributed by atoms with Crippen molar-refractivity contribution in [2.45, 2.75) is 45.1 Å². The maximum Gasteiger partial charge on any atom is 0.254 e. The second kappa shape index (κ2) is 5.10. The number of hydrogen-bond acceptors (Lipinski definition) is 4. The number of aromatic nitrogens is 2. The summed E-state index contributed by atoms with van der Waals surface area (Å²) in [4.78, 5) is 18.5. The van der Waals surface area contributed by atoms with E-state index in [9.17, 15) is 4.79 Å². The first-order valence-electron chi connectivity index (χ1n) is 6.32. The van der Waals surface area contributed by atoms with Crippen LogP contribution in [0.3, 0.4) is 0 Å². The van der Waals surface area contributed by atoms with E-state index >= 15 is 0 Å². The Labute approximate surface area is 107 Å². The lowest BCUT2D eigenvalue weighted by Gasteiger charge is -2.19. The number of ether oxygens (including phenoxy) is 2. The van der Waals surface area contributed by atoms with Gasteiger partial charge in [-0.1, -0.05) is 0 Å². The lowest BCUT2D eigenvalue weighted by atomic mass is 10.2. The van der Waals surface area contributed by atoms with E-state index in [1.807, 2.05) is 20.8 Å². The van der Waals surface area contributed by atoms with Crippen LogP contribution in [-0.2, 0) is 4.74 Å². The molecule has 0 aliphatic heterocycles. The standard InChI is InChI=1S/C13H20N2O3/c1-13(2,3)18-7-6-17-11-8-10(16)14-12(15-11)9-4-5-9/h8-9H,4-7H2,1-3H3,(H,14,15,16). The molecular weight excluding hydrogens is 232 g/mol. The number of rotatable bonds is 5. The minimum atomic E-state index is -0.176. The molecule has 0 atom stereocenters. The third-order valence-corrected chi connectivity index (χ3v) is 2.57. The Morgan fingerprint density at radius 2 is 2.11 bits per heavy atom. The second-order valence-corrected chi connectivity index (χ2v) is 5.55. The quantitative estimate of drug-likeness (QED) is 0.812. The van der Waals surface area contributed by atoms with Crippen LogP contribution in [0, 0.1) is 0 Å². The van der Waals surface area contributed by atoms with Gasteiger partial charge in [0.25, 0.3) is 5.56 Å². The van der Waals surface area contributed by atoms with Crippen LogP contribution in [0.25, 0.3) is 0 Å². The highest BCUT2D eigenvalue weighted by Crippen LogP contribution is 2.37. The van der Waals surface area contributed by atoms with Gasteiger partial charge in [0.1, 0.15) is 12.4 Å². The first kappa shape index (κ1) is 13.1. The molecule has 0 amide bonds. The fraction of sp³-hybridized carbons (Fsp3) is 0.692. The van der Waals surface area contributed by atoms with E-state index < -0.39 is 0 Å². The fourth-order valence-electron chi connectivity index (χ4n) is 1.57. The molecule has 0 spiro atoms. The van der Waals surface area contributed by atoms with Gasteiger partial charge in [-0.3, -0.25) is 4.79 Å². The van der Waals surface area contributed by atoms with Crippen LogP contribution in [0.5, 0.6) is 5.88 Å². The average molecular weight is 252 g/mol. The summed E-state index contributed by atoms with van der Waals surface area (Å²) in [5.41, 5.74) is -0.331. The Morgan fingerprint density at radius 1 is 1.39 bits per heavy atom. The molecule has 2 rings (SSSR count). The van der Waals surface area contributed by atoms with Crippen LogP contribution in [0.2, 0.25) is 0 Å². The highest BCUT2D eigenvalue weighted by atomic mass is 16.5. The molecular formula is C13H20N2O3. The summed E-state index contributed by atoms with van der Waals surface area (Å²) in [6.07, 6.45) is 2.19. The van der Waals surface area contributed by atoms with Gasteiger partial charge in [0.2, 0.25) is 5.88 Å². The normalized spacial score (nSPS) is 15.7. The van der Waals surface area contributed by atoms with Crippen molar-refractivity contribution >= 4 is 0 Å². The van der Waals surface area contributed by atoms with Crippen molar-refractivity contribution in [3.05, 3.63) is 22.2 Å². The monoisotopic (exact) mass is 252 g/mol.